The third-order valence-corrected chi connectivity index (χ3v) is 5.42. The molecule has 0 bridgehead atoms. The van der Waals surface area contributed by atoms with E-state index in [0.717, 1.165) is 11.4 Å². The molecule has 172 valence electrons. The Kier molecular flexibility index (Phi) is 8.08. The zero-order valence-corrected chi connectivity index (χ0v) is 18.5. The molecule has 32 heavy (non-hydrogen) atoms. The molecule has 2 heterocycles. The van der Waals surface area contributed by atoms with E-state index in [0.29, 0.717) is 31.4 Å². The number of nitrogens with zero attached hydrogens (tertiary/aromatic N) is 2. The number of carbonyl (C=O) groups excluding carboxylic acids is 1. The largest absolute Gasteiger partial charge is 0.458 e. The minimum Gasteiger partial charge on any atom is -0.458 e. The van der Waals surface area contributed by atoms with Crippen LogP contribution in [0, 0.1) is 6.92 Å². The van der Waals surface area contributed by atoms with Crippen molar-refractivity contribution in [2.45, 2.75) is 38.4 Å². The molecular weight excluding hydrogens is 412 g/mol. The van der Waals surface area contributed by atoms with Crippen LogP contribution in [0.4, 0.5) is 0 Å². The van der Waals surface area contributed by atoms with E-state index in [9.17, 15) is 9.59 Å². The number of hydrogen-bond acceptors (Lipinski definition) is 6. The van der Waals surface area contributed by atoms with Gasteiger partial charge in [0.25, 0.3) is 5.56 Å². The molecule has 8 heteroatoms. The Morgan fingerprint density at radius 3 is 2.75 bits per heavy atom. The molecule has 0 spiro atoms. The number of aliphatic hydroxyl groups is 1. The number of carbonyl (C=O) groups is 1. The second-order valence-corrected chi connectivity index (χ2v) is 7.58. The Hall–Kier alpha value is -3.10. The van der Waals surface area contributed by atoms with Gasteiger partial charge < -0.3 is 19.3 Å². The molecule has 0 unspecified atom stereocenters. The predicted octanol–water partition coefficient (Wildman–Crippen LogP) is 2.72. The Balaban J connectivity index is 1.95. The number of rotatable bonds is 10. The van der Waals surface area contributed by atoms with E-state index < -0.39 is 12.3 Å². The summed E-state index contributed by atoms with van der Waals surface area (Å²) in [5.74, 6) is -0.999. The summed E-state index contributed by atoms with van der Waals surface area (Å²) in [5.41, 5.74) is 1.97. The molecule has 0 radical (unpaired) electrons. The number of benzene rings is 1. The highest BCUT2D eigenvalue weighted by atomic mass is 16.7. The molecule has 0 amide bonds. The average Bonchev–Trinajstić information content (AvgIpc) is 3.03. The van der Waals surface area contributed by atoms with Crippen molar-refractivity contribution < 1.29 is 24.1 Å². The van der Waals surface area contributed by atoms with Crippen molar-refractivity contribution in [2.75, 3.05) is 19.8 Å². The molecule has 1 N–H and O–H groups in total. The van der Waals surface area contributed by atoms with E-state index in [1.165, 1.54) is 6.08 Å². The number of aliphatic hydroxyl groups excluding tert-OH is 1. The Bertz CT molecular complexity index is 1020. The van der Waals surface area contributed by atoms with Gasteiger partial charge in [0.05, 0.1) is 12.3 Å². The third kappa shape index (κ3) is 5.20. The van der Waals surface area contributed by atoms with Crippen molar-refractivity contribution in [3.05, 3.63) is 76.4 Å². The summed E-state index contributed by atoms with van der Waals surface area (Å²) in [6, 6.07) is 9.39. The molecule has 1 aliphatic heterocycles. The molecule has 1 aromatic carbocycles. The van der Waals surface area contributed by atoms with Crippen molar-refractivity contribution in [3.8, 4) is 5.69 Å². The molecular formula is C24H30N2O6. The first-order valence-electron chi connectivity index (χ1n) is 10.7. The highest BCUT2D eigenvalue weighted by molar-refractivity contribution is 5.86. The van der Waals surface area contributed by atoms with Crippen molar-refractivity contribution >= 4 is 5.97 Å². The number of hydrogen-bond donors (Lipinski definition) is 1. The maximum Gasteiger partial charge on any atom is 0.373 e. The molecule has 2 atom stereocenters. The molecule has 0 fully saturated rings. The van der Waals surface area contributed by atoms with Crippen LogP contribution in [0.15, 0.2) is 59.6 Å². The molecule has 1 aliphatic rings. The topological polar surface area (TPSA) is 91.9 Å². The number of esters is 1. The molecule has 0 aliphatic carbocycles. The lowest BCUT2D eigenvalue weighted by Crippen LogP contribution is -2.30. The second kappa shape index (κ2) is 11.0. The van der Waals surface area contributed by atoms with Gasteiger partial charge in [0, 0.05) is 37.3 Å². The van der Waals surface area contributed by atoms with Gasteiger partial charge in [-0.15, -0.1) is 0 Å². The molecule has 3 rings (SSSR count). The smallest absolute Gasteiger partial charge is 0.373 e. The van der Waals surface area contributed by atoms with Gasteiger partial charge in [0.2, 0.25) is 12.0 Å². The van der Waals surface area contributed by atoms with Crippen LogP contribution in [0.25, 0.3) is 5.69 Å². The van der Waals surface area contributed by atoms with Crippen LogP contribution >= 0.6 is 0 Å². The standard InChI is InChI=1S/C24H30N2O6/c1-4-13-31-24(29)20-15-18(16-21(32-20)30-14-9-8-12-27)22-17(2)25(3)26(23(22)28)19-10-6-5-7-11-19/h4-7,10-11,15,18,21,27H,1,8-9,12-14,16H2,2-3H3/t18-,21+/m0/s1. The number of unbranched alkanes of at least 4 members (excludes halogenated alkanes) is 1. The normalized spacial score (nSPS) is 18.0. The summed E-state index contributed by atoms with van der Waals surface area (Å²) < 4.78 is 20.1. The van der Waals surface area contributed by atoms with Crippen LogP contribution in [0.2, 0.25) is 0 Å². The van der Waals surface area contributed by atoms with Gasteiger partial charge in [0.1, 0.15) is 6.61 Å². The highest BCUT2D eigenvalue weighted by Gasteiger charge is 2.33. The summed E-state index contributed by atoms with van der Waals surface area (Å²) in [5, 5.41) is 8.97. The molecule has 2 aromatic rings. The Morgan fingerprint density at radius 1 is 1.31 bits per heavy atom. The average molecular weight is 443 g/mol. The maximum atomic E-state index is 13.4. The first-order chi connectivity index (χ1) is 15.5. The van der Waals surface area contributed by atoms with Crippen LogP contribution in [-0.4, -0.2) is 46.6 Å². The third-order valence-electron chi connectivity index (χ3n) is 5.42. The molecule has 0 saturated heterocycles. The number of ether oxygens (including phenoxy) is 3. The minimum atomic E-state index is -0.709. The maximum absolute atomic E-state index is 13.4. The van der Waals surface area contributed by atoms with Gasteiger partial charge >= 0.3 is 5.97 Å². The van der Waals surface area contributed by atoms with Crippen molar-refractivity contribution in [1.29, 1.82) is 0 Å². The highest BCUT2D eigenvalue weighted by Crippen LogP contribution is 2.32. The van der Waals surface area contributed by atoms with E-state index in [1.54, 1.807) is 10.8 Å². The SMILES string of the molecule is C=CCOC(=O)C1=C[C@H](c2c(C)n(C)n(-c3ccccc3)c2=O)C[C@H](OCCCCO)O1. The van der Waals surface area contributed by atoms with E-state index in [2.05, 4.69) is 6.58 Å². The molecule has 8 nitrogen and oxygen atoms in total. The predicted molar refractivity (Wildman–Crippen MR) is 119 cm³/mol. The molecule has 1 aromatic heterocycles. The lowest BCUT2D eigenvalue weighted by atomic mass is 9.93. The van der Waals surface area contributed by atoms with E-state index in [-0.39, 0.29) is 30.5 Å². The quantitative estimate of drug-likeness (QED) is 0.346. The fourth-order valence-corrected chi connectivity index (χ4v) is 3.76. The lowest BCUT2D eigenvalue weighted by Gasteiger charge is -2.28. The fraction of sp³-hybridized carbons (Fsp3) is 0.417. The second-order valence-electron chi connectivity index (χ2n) is 7.58. The Labute approximate surface area is 187 Å². The van der Waals surface area contributed by atoms with Gasteiger partial charge in [-0.3, -0.25) is 9.48 Å². The summed E-state index contributed by atoms with van der Waals surface area (Å²) in [7, 11) is 1.83. The fourth-order valence-electron chi connectivity index (χ4n) is 3.76. The van der Waals surface area contributed by atoms with Gasteiger partial charge in [-0.05, 0) is 38.0 Å². The van der Waals surface area contributed by atoms with Gasteiger partial charge in [-0.2, -0.15) is 0 Å². The van der Waals surface area contributed by atoms with E-state index in [4.69, 9.17) is 19.3 Å². The monoisotopic (exact) mass is 442 g/mol. The van der Waals surface area contributed by atoms with Gasteiger partial charge in [-0.1, -0.05) is 30.9 Å². The van der Waals surface area contributed by atoms with E-state index in [1.807, 2.05) is 49.0 Å². The zero-order valence-electron chi connectivity index (χ0n) is 18.5. The van der Waals surface area contributed by atoms with Crippen LogP contribution in [0.1, 0.15) is 36.4 Å². The van der Waals surface area contributed by atoms with Crippen molar-refractivity contribution in [1.82, 2.24) is 9.36 Å². The van der Waals surface area contributed by atoms with Gasteiger partial charge in [-0.25, -0.2) is 9.48 Å². The van der Waals surface area contributed by atoms with Crippen LogP contribution in [-0.2, 0) is 26.1 Å². The lowest BCUT2D eigenvalue weighted by molar-refractivity contribution is -0.160. The summed E-state index contributed by atoms with van der Waals surface area (Å²) in [6.45, 7) is 5.93. The van der Waals surface area contributed by atoms with Crippen molar-refractivity contribution in [3.63, 3.8) is 0 Å². The van der Waals surface area contributed by atoms with Crippen LogP contribution in [0.3, 0.4) is 0 Å². The summed E-state index contributed by atoms with van der Waals surface area (Å²) in [4.78, 5) is 25.9. The van der Waals surface area contributed by atoms with Crippen LogP contribution < -0.4 is 5.56 Å². The minimum absolute atomic E-state index is 0.0178. The molecule has 0 saturated carbocycles. The van der Waals surface area contributed by atoms with Crippen LogP contribution in [0.5, 0.6) is 0 Å². The number of para-hydroxylation sites is 1. The first-order valence-corrected chi connectivity index (χ1v) is 10.7. The number of allylic oxidation sites excluding steroid dienone is 1. The summed E-state index contributed by atoms with van der Waals surface area (Å²) in [6.07, 6.45) is 4.05. The van der Waals surface area contributed by atoms with E-state index >= 15 is 0 Å². The van der Waals surface area contributed by atoms with Crippen molar-refractivity contribution in [2.24, 2.45) is 7.05 Å². The first kappa shape index (κ1) is 23.6. The number of aromatic nitrogens is 2. The summed E-state index contributed by atoms with van der Waals surface area (Å²) >= 11 is 0. The Morgan fingerprint density at radius 2 is 2.06 bits per heavy atom. The zero-order chi connectivity index (χ0) is 23.1. The van der Waals surface area contributed by atoms with Gasteiger partial charge in [0.15, 0.2) is 0 Å².